The van der Waals surface area contributed by atoms with Crippen LogP contribution in [-0.2, 0) is 7.05 Å². The minimum absolute atomic E-state index is 0.0999. The van der Waals surface area contributed by atoms with Crippen LogP contribution in [0.1, 0.15) is 34.8 Å². The second kappa shape index (κ2) is 5.02. The Morgan fingerprint density at radius 2 is 2.27 bits per heavy atom. The maximum atomic E-state index is 12.9. The van der Waals surface area contributed by atoms with Gasteiger partial charge in [0.1, 0.15) is 0 Å². The van der Waals surface area contributed by atoms with Gasteiger partial charge in [0.05, 0.1) is 12.2 Å². The number of nitrogens with zero attached hydrogens (tertiary/aromatic N) is 3. The molecule has 1 saturated heterocycles. The molecule has 3 heterocycles. The summed E-state index contributed by atoms with van der Waals surface area (Å²) in [5, 5.41) is 5.36. The summed E-state index contributed by atoms with van der Waals surface area (Å²) in [6.45, 7) is 0.807. The van der Waals surface area contributed by atoms with Crippen LogP contribution in [0.4, 0.5) is 0 Å². The van der Waals surface area contributed by atoms with E-state index in [2.05, 4.69) is 10.1 Å². The van der Waals surface area contributed by atoms with Crippen LogP contribution < -0.4 is 0 Å². The molecule has 2 aromatic heterocycles. The van der Waals surface area contributed by atoms with Crippen molar-refractivity contribution < 1.29 is 4.79 Å². The Balaban J connectivity index is 1.65. The molecule has 3 aromatic rings. The van der Waals surface area contributed by atoms with Gasteiger partial charge in [-0.2, -0.15) is 5.10 Å². The molecule has 0 bridgehead atoms. The first-order valence-corrected chi connectivity index (χ1v) is 7.59. The van der Waals surface area contributed by atoms with Gasteiger partial charge in [0.15, 0.2) is 0 Å². The molecule has 0 aliphatic carbocycles. The van der Waals surface area contributed by atoms with Gasteiger partial charge in [0, 0.05) is 42.6 Å². The topological polar surface area (TPSA) is 53.9 Å². The molecular formula is C17H18N4O. The Morgan fingerprint density at radius 3 is 3.09 bits per heavy atom. The van der Waals surface area contributed by atoms with Crippen molar-refractivity contribution in [1.82, 2.24) is 19.7 Å². The van der Waals surface area contributed by atoms with Gasteiger partial charge in [-0.3, -0.25) is 9.48 Å². The number of hydrogen-bond donors (Lipinski definition) is 1. The fourth-order valence-electron chi connectivity index (χ4n) is 3.32. The molecule has 1 aliphatic heterocycles. The van der Waals surface area contributed by atoms with E-state index in [1.165, 1.54) is 0 Å². The van der Waals surface area contributed by atoms with Crippen molar-refractivity contribution in [2.45, 2.75) is 18.9 Å². The van der Waals surface area contributed by atoms with Gasteiger partial charge in [0.2, 0.25) is 0 Å². The summed E-state index contributed by atoms with van der Waals surface area (Å²) in [7, 11) is 1.91. The molecule has 112 valence electrons. The summed E-state index contributed by atoms with van der Waals surface area (Å²) in [4.78, 5) is 18.0. The number of amides is 1. The minimum Gasteiger partial charge on any atom is -0.361 e. The second-order valence-corrected chi connectivity index (χ2v) is 5.88. The fourth-order valence-corrected chi connectivity index (χ4v) is 3.32. The average molecular weight is 294 g/mol. The summed E-state index contributed by atoms with van der Waals surface area (Å²) >= 11 is 0. The molecule has 22 heavy (non-hydrogen) atoms. The van der Waals surface area contributed by atoms with Crippen LogP contribution in [-0.4, -0.2) is 32.1 Å². The van der Waals surface area contributed by atoms with Crippen LogP contribution >= 0.6 is 0 Å². The van der Waals surface area contributed by atoms with E-state index in [-0.39, 0.29) is 11.9 Å². The maximum absolute atomic E-state index is 12.9. The van der Waals surface area contributed by atoms with E-state index in [1.54, 1.807) is 4.68 Å². The van der Waals surface area contributed by atoms with E-state index in [4.69, 9.17) is 0 Å². The number of H-pyrrole nitrogens is 1. The zero-order valence-corrected chi connectivity index (χ0v) is 12.5. The number of likely N-dealkylation sites (tertiary alicyclic amines) is 1. The van der Waals surface area contributed by atoms with Crippen molar-refractivity contribution >= 4 is 16.8 Å². The number of carbonyl (C=O) groups is 1. The van der Waals surface area contributed by atoms with E-state index in [0.29, 0.717) is 0 Å². The van der Waals surface area contributed by atoms with Crippen molar-refractivity contribution in [3.63, 3.8) is 0 Å². The van der Waals surface area contributed by atoms with E-state index in [9.17, 15) is 4.79 Å². The number of carbonyl (C=O) groups excluding carboxylic acids is 1. The molecule has 5 heteroatoms. The lowest BCUT2D eigenvalue weighted by atomic mass is 10.1. The molecular weight excluding hydrogens is 276 g/mol. The Labute approximate surface area is 128 Å². The number of aromatic amines is 1. The molecule has 0 spiro atoms. The lowest BCUT2D eigenvalue weighted by Gasteiger charge is -2.24. The first kappa shape index (κ1) is 13.1. The largest absolute Gasteiger partial charge is 0.361 e. The summed E-state index contributed by atoms with van der Waals surface area (Å²) < 4.78 is 1.79. The van der Waals surface area contributed by atoms with Crippen LogP contribution in [0.3, 0.4) is 0 Å². The van der Waals surface area contributed by atoms with E-state index in [1.807, 2.05) is 54.8 Å². The summed E-state index contributed by atoms with van der Waals surface area (Å²) in [6, 6.07) is 8.00. The predicted molar refractivity (Wildman–Crippen MR) is 84.5 cm³/mol. The number of aromatic nitrogens is 3. The second-order valence-electron chi connectivity index (χ2n) is 5.88. The molecule has 4 rings (SSSR count). The van der Waals surface area contributed by atoms with Crippen molar-refractivity contribution in [3.05, 3.63) is 54.0 Å². The highest BCUT2D eigenvalue weighted by molar-refractivity contribution is 5.98. The van der Waals surface area contributed by atoms with E-state index in [0.717, 1.165) is 41.4 Å². The number of hydrogen-bond acceptors (Lipinski definition) is 2. The number of benzene rings is 1. The average Bonchev–Trinajstić information content (AvgIpc) is 3.25. The van der Waals surface area contributed by atoms with Crippen LogP contribution in [0.15, 0.2) is 42.9 Å². The van der Waals surface area contributed by atoms with Gasteiger partial charge < -0.3 is 9.88 Å². The van der Waals surface area contributed by atoms with Gasteiger partial charge in [-0.15, -0.1) is 0 Å². The molecule has 1 amide bonds. The molecule has 0 radical (unpaired) electrons. The molecule has 1 fully saturated rings. The number of rotatable bonds is 2. The van der Waals surface area contributed by atoms with Crippen LogP contribution in [0.2, 0.25) is 0 Å². The van der Waals surface area contributed by atoms with Gasteiger partial charge in [0.25, 0.3) is 5.91 Å². The Morgan fingerprint density at radius 1 is 1.36 bits per heavy atom. The lowest BCUT2D eigenvalue weighted by Crippen LogP contribution is -2.30. The number of aryl methyl sites for hydroxylation is 1. The summed E-state index contributed by atoms with van der Waals surface area (Å²) in [5.74, 6) is 0.0999. The minimum atomic E-state index is 0.0999. The van der Waals surface area contributed by atoms with Gasteiger partial charge in [-0.05, 0) is 36.4 Å². The van der Waals surface area contributed by atoms with Crippen LogP contribution in [0.25, 0.3) is 10.9 Å². The zero-order valence-electron chi connectivity index (χ0n) is 12.5. The molecule has 1 aromatic carbocycles. The van der Waals surface area contributed by atoms with Gasteiger partial charge >= 0.3 is 0 Å². The van der Waals surface area contributed by atoms with Crippen LogP contribution in [0.5, 0.6) is 0 Å². The monoisotopic (exact) mass is 294 g/mol. The summed E-state index contributed by atoms with van der Waals surface area (Å²) in [6.07, 6.45) is 7.81. The fraction of sp³-hybridized carbons (Fsp3) is 0.294. The Kier molecular flexibility index (Phi) is 2.99. The molecule has 1 atom stereocenters. The normalized spacial score (nSPS) is 18.2. The quantitative estimate of drug-likeness (QED) is 0.790. The smallest absolute Gasteiger partial charge is 0.254 e. The Hall–Kier alpha value is -2.56. The highest BCUT2D eigenvalue weighted by Crippen LogP contribution is 2.33. The molecule has 1 N–H and O–H groups in total. The lowest BCUT2D eigenvalue weighted by molar-refractivity contribution is 0.0736. The van der Waals surface area contributed by atoms with E-state index < -0.39 is 0 Å². The highest BCUT2D eigenvalue weighted by Gasteiger charge is 2.31. The molecule has 0 saturated carbocycles. The van der Waals surface area contributed by atoms with Crippen molar-refractivity contribution in [2.75, 3.05) is 6.54 Å². The third kappa shape index (κ3) is 2.09. The van der Waals surface area contributed by atoms with Gasteiger partial charge in [-0.25, -0.2) is 0 Å². The van der Waals surface area contributed by atoms with Crippen molar-refractivity contribution in [3.8, 4) is 0 Å². The SMILES string of the molecule is Cn1cc([C@@H]2CCCN2C(=O)c2ccc3cc[nH]c3c2)cn1. The number of nitrogens with one attached hydrogen (secondary N) is 1. The first-order valence-electron chi connectivity index (χ1n) is 7.59. The third-order valence-corrected chi connectivity index (χ3v) is 4.43. The first-order chi connectivity index (χ1) is 10.7. The zero-order chi connectivity index (χ0) is 15.1. The third-order valence-electron chi connectivity index (χ3n) is 4.43. The van der Waals surface area contributed by atoms with Crippen LogP contribution in [0, 0.1) is 0 Å². The maximum Gasteiger partial charge on any atom is 0.254 e. The summed E-state index contributed by atoms with van der Waals surface area (Å²) in [5.41, 5.74) is 2.86. The number of fused-ring (bicyclic) bond motifs is 1. The standard InChI is InChI=1S/C17H18N4O/c1-20-11-14(10-19-20)16-3-2-8-21(16)17(22)13-5-4-12-6-7-18-15(12)9-13/h4-7,9-11,16,18H,2-3,8H2,1H3/t16-/m0/s1. The predicted octanol–water partition coefficient (Wildman–Crippen LogP) is 2.88. The van der Waals surface area contributed by atoms with Crippen molar-refractivity contribution in [2.24, 2.45) is 7.05 Å². The van der Waals surface area contributed by atoms with Gasteiger partial charge in [-0.1, -0.05) is 6.07 Å². The van der Waals surface area contributed by atoms with Crippen molar-refractivity contribution in [1.29, 1.82) is 0 Å². The molecule has 0 unspecified atom stereocenters. The van der Waals surface area contributed by atoms with E-state index >= 15 is 0 Å². The highest BCUT2D eigenvalue weighted by atomic mass is 16.2. The molecule has 1 aliphatic rings. The Bertz CT molecular complexity index is 832. The molecule has 5 nitrogen and oxygen atoms in total.